The summed E-state index contributed by atoms with van der Waals surface area (Å²) in [7, 11) is 1.16. The number of ether oxygens (including phenoxy) is 1. The van der Waals surface area contributed by atoms with Gasteiger partial charge in [-0.15, -0.1) is 0 Å². The molecule has 0 radical (unpaired) electrons. The van der Waals surface area contributed by atoms with E-state index in [4.69, 9.17) is 10.2 Å². The molecule has 10 heavy (non-hydrogen) atoms. The fraction of sp³-hybridized carbons (Fsp3) is 0.833. The lowest BCUT2D eigenvalue weighted by molar-refractivity contribution is -0.156. The standard InChI is InChI=1S/C6H12O4/c1-3-4(7)5(8)6(9)10-2/h4-5,7-8H,3H2,1-2H3/t4-,5-/m1/s1. The largest absolute Gasteiger partial charge is 0.467 e. The molecule has 0 spiro atoms. The Kier molecular flexibility index (Phi) is 3.99. The van der Waals surface area contributed by atoms with Crippen LogP contribution in [0.15, 0.2) is 0 Å². The van der Waals surface area contributed by atoms with Crippen molar-refractivity contribution >= 4 is 5.97 Å². The second kappa shape index (κ2) is 4.24. The smallest absolute Gasteiger partial charge is 0.337 e. The number of rotatable bonds is 3. The van der Waals surface area contributed by atoms with Crippen LogP contribution in [0.3, 0.4) is 0 Å². The van der Waals surface area contributed by atoms with Crippen molar-refractivity contribution in [3.8, 4) is 0 Å². The van der Waals surface area contributed by atoms with Crippen LogP contribution in [0.1, 0.15) is 13.3 Å². The zero-order chi connectivity index (χ0) is 8.15. The molecule has 0 aromatic rings. The highest BCUT2D eigenvalue weighted by Crippen LogP contribution is 1.99. The molecule has 4 heteroatoms. The molecule has 0 aromatic carbocycles. The summed E-state index contributed by atoms with van der Waals surface area (Å²) in [5, 5.41) is 17.7. The molecule has 60 valence electrons. The number of aliphatic hydroxyl groups is 2. The Labute approximate surface area is 59.4 Å². The first-order valence-electron chi connectivity index (χ1n) is 3.07. The Balaban J connectivity index is 3.81. The molecular weight excluding hydrogens is 136 g/mol. The molecule has 0 aliphatic rings. The quantitative estimate of drug-likeness (QED) is 0.519. The number of carbonyl (C=O) groups excluding carboxylic acids is 1. The normalized spacial score (nSPS) is 16.0. The fourth-order valence-electron chi connectivity index (χ4n) is 0.501. The van der Waals surface area contributed by atoms with Crippen LogP contribution in [0.25, 0.3) is 0 Å². The van der Waals surface area contributed by atoms with Crippen LogP contribution in [0, 0.1) is 0 Å². The molecule has 0 aliphatic heterocycles. The third-order valence-electron chi connectivity index (χ3n) is 1.23. The van der Waals surface area contributed by atoms with Gasteiger partial charge < -0.3 is 14.9 Å². The molecule has 0 heterocycles. The van der Waals surface area contributed by atoms with E-state index in [2.05, 4.69) is 4.74 Å². The minimum Gasteiger partial charge on any atom is -0.467 e. The predicted molar refractivity (Wildman–Crippen MR) is 34.3 cm³/mol. The predicted octanol–water partition coefficient (Wildman–Crippen LogP) is -0.709. The third-order valence-corrected chi connectivity index (χ3v) is 1.23. The van der Waals surface area contributed by atoms with Crippen LogP contribution in [-0.2, 0) is 9.53 Å². The second-order valence-corrected chi connectivity index (χ2v) is 1.94. The summed E-state index contributed by atoms with van der Waals surface area (Å²) in [5.74, 6) is -0.797. The van der Waals surface area contributed by atoms with Gasteiger partial charge in [0.05, 0.1) is 13.2 Å². The van der Waals surface area contributed by atoms with Crippen LogP contribution < -0.4 is 0 Å². The van der Waals surface area contributed by atoms with E-state index in [1.807, 2.05) is 0 Å². The lowest BCUT2D eigenvalue weighted by Gasteiger charge is -2.12. The van der Waals surface area contributed by atoms with Gasteiger partial charge in [-0.25, -0.2) is 4.79 Å². The van der Waals surface area contributed by atoms with Gasteiger partial charge in [0.15, 0.2) is 6.10 Å². The molecule has 0 rings (SSSR count). The van der Waals surface area contributed by atoms with Crippen LogP contribution >= 0.6 is 0 Å². The van der Waals surface area contributed by atoms with Crippen molar-refractivity contribution in [2.45, 2.75) is 25.6 Å². The van der Waals surface area contributed by atoms with Crippen LogP contribution in [0.4, 0.5) is 0 Å². The lowest BCUT2D eigenvalue weighted by atomic mass is 10.1. The average Bonchev–Trinajstić information content (AvgIpc) is 2.00. The Morgan fingerprint density at radius 2 is 2.10 bits per heavy atom. The summed E-state index contributed by atoms with van der Waals surface area (Å²) in [4.78, 5) is 10.5. The van der Waals surface area contributed by atoms with Crippen molar-refractivity contribution in [3.63, 3.8) is 0 Å². The lowest BCUT2D eigenvalue weighted by Crippen LogP contribution is -2.34. The topological polar surface area (TPSA) is 66.8 Å². The average molecular weight is 148 g/mol. The summed E-state index contributed by atoms with van der Waals surface area (Å²) in [6.07, 6.45) is -2.10. The number of methoxy groups -OCH3 is 1. The zero-order valence-corrected chi connectivity index (χ0v) is 6.07. The third kappa shape index (κ3) is 2.33. The van der Waals surface area contributed by atoms with E-state index in [0.717, 1.165) is 7.11 Å². The molecule has 0 unspecified atom stereocenters. The second-order valence-electron chi connectivity index (χ2n) is 1.94. The van der Waals surface area contributed by atoms with Gasteiger partial charge in [0.1, 0.15) is 0 Å². The minimum absolute atomic E-state index is 0.330. The SMILES string of the molecule is CC[C@@H](O)[C@@H](O)C(=O)OC. The van der Waals surface area contributed by atoms with Crippen LogP contribution in [0.2, 0.25) is 0 Å². The number of esters is 1. The van der Waals surface area contributed by atoms with E-state index in [0.29, 0.717) is 6.42 Å². The fourth-order valence-corrected chi connectivity index (χ4v) is 0.501. The summed E-state index contributed by atoms with van der Waals surface area (Å²) >= 11 is 0. The maximum Gasteiger partial charge on any atom is 0.337 e. The number of carbonyl (C=O) groups is 1. The molecule has 2 atom stereocenters. The molecule has 0 bridgehead atoms. The molecule has 0 saturated heterocycles. The van der Waals surface area contributed by atoms with E-state index >= 15 is 0 Å². The highest BCUT2D eigenvalue weighted by atomic mass is 16.5. The van der Waals surface area contributed by atoms with Gasteiger partial charge in [0.2, 0.25) is 0 Å². The molecule has 0 aromatic heterocycles. The van der Waals surface area contributed by atoms with Gasteiger partial charge in [0.25, 0.3) is 0 Å². The molecule has 0 saturated carbocycles. The van der Waals surface area contributed by atoms with Gasteiger partial charge in [-0.2, -0.15) is 0 Å². The van der Waals surface area contributed by atoms with Gasteiger partial charge in [-0.05, 0) is 6.42 Å². The Morgan fingerprint density at radius 3 is 2.40 bits per heavy atom. The minimum atomic E-state index is -1.41. The molecule has 0 amide bonds. The van der Waals surface area contributed by atoms with Gasteiger partial charge in [0, 0.05) is 0 Å². The monoisotopic (exact) mass is 148 g/mol. The summed E-state index contributed by atoms with van der Waals surface area (Å²) in [5.41, 5.74) is 0. The van der Waals surface area contributed by atoms with E-state index in [9.17, 15) is 4.79 Å². The van der Waals surface area contributed by atoms with E-state index in [1.54, 1.807) is 6.92 Å². The summed E-state index contributed by atoms with van der Waals surface area (Å²) in [6, 6.07) is 0. The first-order valence-corrected chi connectivity index (χ1v) is 3.07. The van der Waals surface area contributed by atoms with Crippen LogP contribution in [0.5, 0.6) is 0 Å². The summed E-state index contributed by atoms with van der Waals surface area (Å²) < 4.78 is 4.19. The first kappa shape index (κ1) is 9.39. The maximum absolute atomic E-state index is 10.5. The van der Waals surface area contributed by atoms with Gasteiger partial charge >= 0.3 is 5.97 Å². The van der Waals surface area contributed by atoms with Crippen molar-refractivity contribution in [2.24, 2.45) is 0 Å². The highest BCUT2D eigenvalue weighted by Gasteiger charge is 2.22. The molecule has 0 fully saturated rings. The van der Waals surface area contributed by atoms with E-state index in [-0.39, 0.29) is 0 Å². The van der Waals surface area contributed by atoms with Crippen LogP contribution in [-0.4, -0.2) is 35.5 Å². The summed E-state index contributed by atoms with van der Waals surface area (Å²) in [6.45, 7) is 1.66. The first-order chi connectivity index (χ1) is 4.63. The van der Waals surface area contributed by atoms with Gasteiger partial charge in [-0.1, -0.05) is 6.92 Å². The number of hydrogen-bond donors (Lipinski definition) is 2. The van der Waals surface area contributed by atoms with Crippen molar-refractivity contribution < 1.29 is 19.7 Å². The van der Waals surface area contributed by atoms with E-state index < -0.39 is 18.2 Å². The van der Waals surface area contributed by atoms with E-state index in [1.165, 1.54) is 0 Å². The highest BCUT2D eigenvalue weighted by molar-refractivity contribution is 5.74. The van der Waals surface area contributed by atoms with Gasteiger partial charge in [-0.3, -0.25) is 0 Å². The molecule has 4 nitrogen and oxygen atoms in total. The molecule has 2 N–H and O–H groups in total. The molecule has 0 aliphatic carbocycles. The van der Waals surface area contributed by atoms with Crippen molar-refractivity contribution in [3.05, 3.63) is 0 Å². The number of hydrogen-bond acceptors (Lipinski definition) is 4. The zero-order valence-electron chi connectivity index (χ0n) is 6.07. The Bertz CT molecular complexity index is 112. The number of aliphatic hydroxyl groups excluding tert-OH is 2. The Hall–Kier alpha value is -0.610. The van der Waals surface area contributed by atoms with Crippen molar-refractivity contribution in [1.82, 2.24) is 0 Å². The Morgan fingerprint density at radius 1 is 1.60 bits per heavy atom. The van der Waals surface area contributed by atoms with Crippen molar-refractivity contribution in [1.29, 1.82) is 0 Å². The molecular formula is C6H12O4. The maximum atomic E-state index is 10.5. The van der Waals surface area contributed by atoms with Crippen molar-refractivity contribution in [2.75, 3.05) is 7.11 Å².